The molecule has 2 rings (SSSR count). The van der Waals surface area contributed by atoms with Crippen molar-refractivity contribution in [3.05, 3.63) is 12.7 Å². The fraction of sp³-hybridized carbons (Fsp3) is 0.714. The molecule has 106 valence electrons. The van der Waals surface area contributed by atoms with E-state index in [1.54, 1.807) is 6.08 Å². The predicted octanol–water partition coefficient (Wildman–Crippen LogP) is 0.564. The van der Waals surface area contributed by atoms with Crippen LogP contribution in [0.3, 0.4) is 0 Å². The van der Waals surface area contributed by atoms with Gasteiger partial charge in [0.25, 0.3) is 0 Å². The summed E-state index contributed by atoms with van der Waals surface area (Å²) < 4.78 is 4.98. The molecular formula is C14H22N2O3. The van der Waals surface area contributed by atoms with Gasteiger partial charge in [0.1, 0.15) is 0 Å². The molecule has 0 aromatic heterocycles. The quantitative estimate of drug-likeness (QED) is 0.583. The Balaban J connectivity index is 1.96. The lowest BCUT2D eigenvalue weighted by Gasteiger charge is -2.25. The van der Waals surface area contributed by atoms with Gasteiger partial charge in [0.15, 0.2) is 0 Å². The van der Waals surface area contributed by atoms with Gasteiger partial charge in [-0.2, -0.15) is 0 Å². The Hall–Kier alpha value is -1.36. The minimum absolute atomic E-state index is 0.0140. The number of amides is 1. The number of nitrogens with zero attached hydrogens (tertiary/aromatic N) is 1. The molecule has 0 aromatic rings. The van der Waals surface area contributed by atoms with E-state index < -0.39 is 0 Å². The number of hydrogen-bond acceptors (Lipinski definition) is 4. The summed E-state index contributed by atoms with van der Waals surface area (Å²) in [4.78, 5) is 25.8. The summed E-state index contributed by atoms with van der Waals surface area (Å²) in [5.41, 5.74) is -0.368. The summed E-state index contributed by atoms with van der Waals surface area (Å²) in [6, 6.07) is 0. The molecule has 0 spiro atoms. The molecule has 0 unspecified atom stereocenters. The first-order valence-electron chi connectivity index (χ1n) is 6.81. The number of ether oxygens (including phenoxy) is 1. The van der Waals surface area contributed by atoms with Crippen molar-refractivity contribution in [3.8, 4) is 0 Å². The molecule has 19 heavy (non-hydrogen) atoms. The zero-order chi connectivity index (χ0) is 13.9. The molecule has 2 fully saturated rings. The molecule has 2 atom stereocenters. The lowest BCUT2D eigenvalue weighted by atomic mass is 9.81. The second-order valence-corrected chi connectivity index (χ2v) is 5.50. The first-order valence-corrected chi connectivity index (χ1v) is 6.81. The van der Waals surface area contributed by atoms with Gasteiger partial charge < -0.3 is 10.1 Å². The normalized spacial score (nSPS) is 29.8. The molecule has 5 nitrogen and oxygen atoms in total. The largest absolute Gasteiger partial charge is 0.469 e. The highest BCUT2D eigenvalue weighted by molar-refractivity contribution is 5.80. The van der Waals surface area contributed by atoms with Crippen LogP contribution >= 0.6 is 0 Å². The zero-order valence-electron chi connectivity index (χ0n) is 11.5. The molecule has 1 amide bonds. The van der Waals surface area contributed by atoms with Crippen molar-refractivity contribution >= 4 is 11.9 Å². The summed E-state index contributed by atoms with van der Waals surface area (Å²) in [6.45, 7) is 5.86. The minimum Gasteiger partial charge on any atom is -0.469 e. The van der Waals surface area contributed by atoms with Crippen molar-refractivity contribution in [1.82, 2.24) is 10.2 Å². The van der Waals surface area contributed by atoms with Crippen LogP contribution in [0.2, 0.25) is 0 Å². The third-order valence-electron chi connectivity index (χ3n) is 4.34. The fourth-order valence-electron chi connectivity index (χ4n) is 3.50. The molecule has 5 heteroatoms. The maximum atomic E-state index is 12.1. The highest BCUT2D eigenvalue weighted by atomic mass is 16.5. The SMILES string of the molecule is C=CCNC(=O)CN1C[C@@H]2CCC[C@@]2(C(=O)OC)C1. The average molecular weight is 266 g/mol. The van der Waals surface area contributed by atoms with E-state index >= 15 is 0 Å². The second-order valence-electron chi connectivity index (χ2n) is 5.50. The molecule has 0 aromatic carbocycles. The summed E-state index contributed by atoms with van der Waals surface area (Å²) in [5.74, 6) is 0.219. The van der Waals surface area contributed by atoms with Crippen molar-refractivity contribution in [1.29, 1.82) is 0 Å². The fourth-order valence-corrected chi connectivity index (χ4v) is 3.50. The molecule has 0 bridgehead atoms. The van der Waals surface area contributed by atoms with E-state index in [1.165, 1.54) is 7.11 Å². The third kappa shape index (κ3) is 2.66. The molecule has 2 aliphatic rings. The average Bonchev–Trinajstić information content (AvgIpc) is 2.92. The van der Waals surface area contributed by atoms with E-state index in [4.69, 9.17) is 4.74 Å². The van der Waals surface area contributed by atoms with E-state index in [0.29, 0.717) is 25.6 Å². The molecule has 1 saturated heterocycles. The van der Waals surface area contributed by atoms with Crippen LogP contribution < -0.4 is 5.32 Å². The summed E-state index contributed by atoms with van der Waals surface area (Å²) >= 11 is 0. The van der Waals surface area contributed by atoms with Crippen LogP contribution in [-0.4, -0.2) is 50.1 Å². The number of methoxy groups -OCH3 is 1. The van der Waals surface area contributed by atoms with Crippen LogP contribution in [0.4, 0.5) is 0 Å². The molecule has 1 N–H and O–H groups in total. The smallest absolute Gasteiger partial charge is 0.313 e. The van der Waals surface area contributed by atoms with Gasteiger partial charge in [-0.1, -0.05) is 12.5 Å². The Morgan fingerprint density at radius 2 is 2.37 bits per heavy atom. The van der Waals surface area contributed by atoms with Gasteiger partial charge in [-0.15, -0.1) is 6.58 Å². The maximum Gasteiger partial charge on any atom is 0.313 e. The van der Waals surface area contributed by atoms with Crippen molar-refractivity contribution in [2.45, 2.75) is 19.3 Å². The maximum absolute atomic E-state index is 12.1. The van der Waals surface area contributed by atoms with Crippen LogP contribution in [-0.2, 0) is 14.3 Å². The van der Waals surface area contributed by atoms with Crippen LogP contribution in [0, 0.1) is 11.3 Å². The molecular weight excluding hydrogens is 244 g/mol. The monoisotopic (exact) mass is 266 g/mol. The van der Waals surface area contributed by atoms with E-state index in [1.807, 2.05) is 0 Å². The third-order valence-corrected chi connectivity index (χ3v) is 4.34. The van der Waals surface area contributed by atoms with E-state index in [2.05, 4.69) is 16.8 Å². The number of hydrogen-bond donors (Lipinski definition) is 1. The van der Waals surface area contributed by atoms with Crippen molar-refractivity contribution in [3.63, 3.8) is 0 Å². The standard InChI is InChI=1S/C14H22N2O3/c1-3-7-15-12(17)9-16-8-11-5-4-6-14(11,10-16)13(18)19-2/h3,11H,1,4-10H2,2H3,(H,15,17)/t11-,14+/m0/s1. The number of fused-ring (bicyclic) bond motifs is 1. The summed E-state index contributed by atoms with van der Waals surface area (Å²) in [7, 11) is 1.45. The highest BCUT2D eigenvalue weighted by Crippen LogP contribution is 2.49. The molecule has 0 radical (unpaired) electrons. The van der Waals surface area contributed by atoms with Gasteiger partial charge in [0.05, 0.1) is 19.1 Å². The Kier molecular flexibility index (Phi) is 4.24. The van der Waals surface area contributed by atoms with Crippen molar-refractivity contribution in [2.24, 2.45) is 11.3 Å². The van der Waals surface area contributed by atoms with Gasteiger partial charge in [0, 0.05) is 19.6 Å². The van der Waals surface area contributed by atoms with Crippen LogP contribution in [0.15, 0.2) is 12.7 Å². The number of likely N-dealkylation sites (tertiary alicyclic amines) is 1. The Morgan fingerprint density at radius 1 is 1.58 bits per heavy atom. The Bertz CT molecular complexity index is 383. The number of carbonyl (C=O) groups is 2. The molecule has 1 heterocycles. The lowest BCUT2D eigenvalue weighted by Crippen LogP contribution is -2.40. The zero-order valence-corrected chi connectivity index (χ0v) is 11.5. The van der Waals surface area contributed by atoms with Crippen LogP contribution in [0.5, 0.6) is 0 Å². The first kappa shape index (κ1) is 14.1. The lowest BCUT2D eigenvalue weighted by molar-refractivity contribution is -0.153. The number of esters is 1. The van der Waals surface area contributed by atoms with Gasteiger partial charge >= 0.3 is 5.97 Å². The highest BCUT2D eigenvalue weighted by Gasteiger charge is 2.55. The Morgan fingerprint density at radius 3 is 3.05 bits per heavy atom. The van der Waals surface area contributed by atoms with Gasteiger partial charge in [-0.25, -0.2) is 0 Å². The van der Waals surface area contributed by atoms with Gasteiger partial charge in [-0.05, 0) is 18.8 Å². The number of nitrogens with one attached hydrogen (secondary N) is 1. The van der Waals surface area contributed by atoms with Crippen LogP contribution in [0.1, 0.15) is 19.3 Å². The summed E-state index contributed by atoms with van der Waals surface area (Å²) in [5, 5.41) is 2.77. The second kappa shape index (κ2) is 5.74. The van der Waals surface area contributed by atoms with E-state index in [0.717, 1.165) is 25.8 Å². The van der Waals surface area contributed by atoms with Crippen LogP contribution in [0.25, 0.3) is 0 Å². The van der Waals surface area contributed by atoms with Gasteiger partial charge in [0.2, 0.25) is 5.91 Å². The number of rotatable bonds is 5. The summed E-state index contributed by atoms with van der Waals surface area (Å²) in [6.07, 6.45) is 4.68. The molecule has 1 saturated carbocycles. The first-order chi connectivity index (χ1) is 9.12. The van der Waals surface area contributed by atoms with Crippen molar-refractivity contribution in [2.75, 3.05) is 33.3 Å². The van der Waals surface area contributed by atoms with E-state index in [9.17, 15) is 9.59 Å². The molecule has 1 aliphatic heterocycles. The Labute approximate surface area is 114 Å². The van der Waals surface area contributed by atoms with Gasteiger partial charge in [-0.3, -0.25) is 14.5 Å². The van der Waals surface area contributed by atoms with Crippen molar-refractivity contribution < 1.29 is 14.3 Å². The number of carbonyl (C=O) groups excluding carboxylic acids is 2. The molecule has 1 aliphatic carbocycles. The van der Waals surface area contributed by atoms with E-state index in [-0.39, 0.29) is 17.3 Å². The topological polar surface area (TPSA) is 58.6 Å². The predicted molar refractivity (Wildman–Crippen MR) is 71.4 cm³/mol. The minimum atomic E-state index is -0.368.